The predicted molar refractivity (Wildman–Crippen MR) is 84.3 cm³/mol. The van der Waals surface area contributed by atoms with Crippen LogP contribution in [-0.4, -0.2) is 9.97 Å². The lowest BCUT2D eigenvalue weighted by Gasteiger charge is -2.09. The van der Waals surface area contributed by atoms with E-state index in [0.717, 1.165) is 24.6 Å². The molecule has 1 N–H and O–H groups in total. The minimum absolute atomic E-state index is 0.481. The van der Waals surface area contributed by atoms with E-state index in [1.54, 1.807) is 6.07 Å². The molecule has 1 aromatic carbocycles. The zero-order valence-corrected chi connectivity index (χ0v) is 12.9. The van der Waals surface area contributed by atoms with E-state index in [4.69, 9.17) is 11.6 Å². The Balaban J connectivity index is 2.03. The molecule has 106 valence electrons. The Morgan fingerprint density at radius 2 is 1.85 bits per heavy atom. The van der Waals surface area contributed by atoms with E-state index >= 15 is 0 Å². The molecule has 2 aromatic rings. The van der Waals surface area contributed by atoms with Crippen LogP contribution in [0.15, 0.2) is 30.3 Å². The average molecular weight is 290 g/mol. The highest BCUT2D eigenvalue weighted by Gasteiger charge is 2.03. The number of benzene rings is 1. The molecule has 20 heavy (non-hydrogen) atoms. The van der Waals surface area contributed by atoms with E-state index in [2.05, 4.69) is 53.4 Å². The van der Waals surface area contributed by atoms with Crippen LogP contribution in [0.25, 0.3) is 0 Å². The van der Waals surface area contributed by atoms with Gasteiger partial charge in [0.05, 0.1) is 0 Å². The van der Waals surface area contributed by atoms with Gasteiger partial charge >= 0.3 is 0 Å². The normalized spacial score (nSPS) is 10.8. The van der Waals surface area contributed by atoms with Crippen molar-refractivity contribution in [1.82, 2.24) is 9.97 Å². The van der Waals surface area contributed by atoms with Crippen LogP contribution in [0.5, 0.6) is 0 Å². The number of hydrogen-bond acceptors (Lipinski definition) is 3. The number of nitrogens with zero attached hydrogens (tertiary/aromatic N) is 2. The van der Waals surface area contributed by atoms with Crippen molar-refractivity contribution in [3.8, 4) is 0 Å². The Morgan fingerprint density at radius 3 is 2.45 bits per heavy atom. The summed E-state index contributed by atoms with van der Waals surface area (Å²) in [6.07, 6.45) is 0.776. The van der Waals surface area contributed by atoms with E-state index in [-0.39, 0.29) is 0 Å². The summed E-state index contributed by atoms with van der Waals surface area (Å²) in [4.78, 5) is 8.56. The van der Waals surface area contributed by atoms with Gasteiger partial charge < -0.3 is 5.32 Å². The molecule has 1 heterocycles. The molecule has 3 nitrogen and oxygen atoms in total. The monoisotopic (exact) mass is 289 g/mol. The molecular weight excluding hydrogens is 270 g/mol. The van der Waals surface area contributed by atoms with Crippen molar-refractivity contribution < 1.29 is 0 Å². The van der Waals surface area contributed by atoms with Gasteiger partial charge in [0, 0.05) is 19.0 Å². The molecule has 0 atom stereocenters. The minimum Gasteiger partial charge on any atom is -0.366 e. The molecule has 0 spiro atoms. The quantitative estimate of drug-likeness (QED) is 0.828. The highest BCUT2D eigenvalue weighted by atomic mass is 35.5. The first kappa shape index (κ1) is 14.8. The third-order valence-electron chi connectivity index (χ3n) is 3.18. The molecule has 0 saturated carbocycles. The van der Waals surface area contributed by atoms with Crippen LogP contribution in [0, 0.1) is 0 Å². The van der Waals surface area contributed by atoms with Crippen molar-refractivity contribution in [2.45, 2.75) is 39.7 Å². The maximum absolute atomic E-state index is 5.98. The largest absolute Gasteiger partial charge is 0.366 e. The fraction of sp³-hybridized carbons (Fsp3) is 0.375. The second-order valence-corrected chi connectivity index (χ2v) is 5.48. The third-order valence-corrected chi connectivity index (χ3v) is 3.37. The highest BCUT2D eigenvalue weighted by Crippen LogP contribution is 2.16. The van der Waals surface area contributed by atoms with Gasteiger partial charge in [-0.3, -0.25) is 0 Å². The van der Waals surface area contributed by atoms with E-state index in [0.29, 0.717) is 11.1 Å². The van der Waals surface area contributed by atoms with Gasteiger partial charge in [0.1, 0.15) is 16.8 Å². The number of aromatic nitrogens is 2. The van der Waals surface area contributed by atoms with E-state index < -0.39 is 0 Å². The van der Waals surface area contributed by atoms with Crippen molar-refractivity contribution >= 4 is 17.4 Å². The first-order chi connectivity index (χ1) is 9.58. The summed E-state index contributed by atoms with van der Waals surface area (Å²) in [5, 5.41) is 3.77. The summed E-state index contributed by atoms with van der Waals surface area (Å²) in [5.41, 5.74) is 2.58. The molecule has 0 radical (unpaired) electrons. The van der Waals surface area contributed by atoms with E-state index in [1.807, 2.05) is 6.92 Å². The molecule has 1 aromatic heterocycles. The fourth-order valence-electron chi connectivity index (χ4n) is 1.93. The van der Waals surface area contributed by atoms with Gasteiger partial charge in [0.25, 0.3) is 0 Å². The van der Waals surface area contributed by atoms with Gasteiger partial charge in [-0.2, -0.15) is 0 Å². The zero-order chi connectivity index (χ0) is 14.5. The Hall–Kier alpha value is -1.61. The Bertz CT molecular complexity index is 564. The number of hydrogen-bond donors (Lipinski definition) is 1. The van der Waals surface area contributed by atoms with Gasteiger partial charge in [-0.25, -0.2) is 9.97 Å². The Morgan fingerprint density at radius 1 is 1.15 bits per heavy atom. The van der Waals surface area contributed by atoms with Gasteiger partial charge in [-0.1, -0.05) is 56.6 Å². The SMILES string of the molecule is CCc1nc(Cl)cc(NCc2ccc(C(C)C)cc2)n1. The van der Waals surface area contributed by atoms with Crippen LogP contribution in [0.1, 0.15) is 43.6 Å². The number of anilines is 1. The first-order valence-corrected chi connectivity index (χ1v) is 7.32. The van der Waals surface area contributed by atoms with Crippen molar-refractivity contribution in [3.05, 3.63) is 52.4 Å². The first-order valence-electron chi connectivity index (χ1n) is 6.94. The molecule has 0 aliphatic carbocycles. The lowest BCUT2D eigenvalue weighted by Crippen LogP contribution is -2.04. The maximum atomic E-state index is 5.98. The van der Waals surface area contributed by atoms with Gasteiger partial charge in [-0.15, -0.1) is 0 Å². The van der Waals surface area contributed by atoms with E-state index in [9.17, 15) is 0 Å². The molecule has 4 heteroatoms. The summed E-state index contributed by atoms with van der Waals surface area (Å²) in [6.45, 7) is 7.14. The maximum Gasteiger partial charge on any atom is 0.134 e. The van der Waals surface area contributed by atoms with Crippen LogP contribution < -0.4 is 5.32 Å². The summed E-state index contributed by atoms with van der Waals surface area (Å²) >= 11 is 5.98. The second kappa shape index (κ2) is 6.71. The summed E-state index contributed by atoms with van der Waals surface area (Å²) in [5.74, 6) is 2.09. The molecule has 0 bridgehead atoms. The predicted octanol–water partition coefficient (Wildman–Crippen LogP) is 4.43. The van der Waals surface area contributed by atoms with Crippen LogP contribution >= 0.6 is 11.6 Å². The fourth-order valence-corrected chi connectivity index (χ4v) is 2.13. The zero-order valence-electron chi connectivity index (χ0n) is 12.2. The molecule has 0 saturated heterocycles. The van der Waals surface area contributed by atoms with E-state index in [1.165, 1.54) is 11.1 Å². The van der Waals surface area contributed by atoms with Crippen LogP contribution in [0.4, 0.5) is 5.82 Å². The van der Waals surface area contributed by atoms with Gasteiger partial charge in [0.15, 0.2) is 0 Å². The topological polar surface area (TPSA) is 37.8 Å². The minimum atomic E-state index is 0.481. The van der Waals surface area contributed by atoms with Crippen LogP contribution in [0.2, 0.25) is 5.15 Å². The molecular formula is C16H20ClN3. The van der Waals surface area contributed by atoms with Crippen LogP contribution in [0.3, 0.4) is 0 Å². The molecule has 0 unspecified atom stereocenters. The lowest BCUT2D eigenvalue weighted by molar-refractivity contribution is 0.865. The summed E-state index contributed by atoms with van der Waals surface area (Å²) in [6, 6.07) is 10.4. The molecule has 0 amide bonds. The number of nitrogens with one attached hydrogen (secondary N) is 1. The Labute approximate surface area is 125 Å². The van der Waals surface area contributed by atoms with Gasteiger partial charge in [0.2, 0.25) is 0 Å². The standard InChI is InChI=1S/C16H20ClN3/c1-4-15-19-14(17)9-16(20-15)18-10-12-5-7-13(8-6-12)11(2)3/h5-9,11H,4,10H2,1-3H3,(H,18,19,20). The molecule has 0 aliphatic heterocycles. The average Bonchev–Trinajstić information content (AvgIpc) is 2.45. The molecule has 2 rings (SSSR count). The molecule has 0 aliphatic rings. The smallest absolute Gasteiger partial charge is 0.134 e. The lowest BCUT2D eigenvalue weighted by atomic mass is 10.0. The second-order valence-electron chi connectivity index (χ2n) is 5.10. The number of halogens is 1. The number of rotatable bonds is 5. The summed E-state index contributed by atoms with van der Waals surface area (Å²) < 4.78 is 0. The van der Waals surface area contributed by atoms with Gasteiger partial charge in [-0.05, 0) is 17.0 Å². The third kappa shape index (κ3) is 3.94. The summed E-state index contributed by atoms with van der Waals surface area (Å²) in [7, 11) is 0. The molecule has 0 fully saturated rings. The number of aryl methyl sites for hydroxylation is 1. The van der Waals surface area contributed by atoms with Crippen molar-refractivity contribution in [3.63, 3.8) is 0 Å². The van der Waals surface area contributed by atoms with Crippen molar-refractivity contribution in [2.75, 3.05) is 5.32 Å². The Kier molecular flexibility index (Phi) is 4.96. The van der Waals surface area contributed by atoms with Crippen molar-refractivity contribution in [2.24, 2.45) is 0 Å². The van der Waals surface area contributed by atoms with Crippen LogP contribution in [-0.2, 0) is 13.0 Å². The van der Waals surface area contributed by atoms with Crippen molar-refractivity contribution in [1.29, 1.82) is 0 Å². The highest BCUT2D eigenvalue weighted by molar-refractivity contribution is 6.29.